The highest BCUT2D eigenvalue weighted by molar-refractivity contribution is 6.18. The number of carbonyl (C=O) groups excluding carboxylic acids is 4. The van der Waals surface area contributed by atoms with E-state index in [1.807, 2.05) is 54.6 Å². The maximum atomic E-state index is 13.1. The standard InChI is InChI=1S/C42H43ClN4O8/c1-26(54-23-21-44-36-4-2-3-34-35(36)25-47(42(34)53)37-17-18-38(50)46-41(37)52)40(51)45-22-24-55-32-15-9-29(10-16-32)39(28-7-13-31(49)14-8-28)33(19-20-43)27-5-11-30(48)12-6-27/h2-16,26,37,44,48-49H,17-25H2,1H3,(H,45,51)(H,46,50,52). The smallest absolute Gasteiger partial charge is 0.255 e. The normalized spacial score (nSPS) is 16.2. The Balaban J connectivity index is 0.975. The third-order valence-corrected chi connectivity index (χ3v) is 9.76. The Morgan fingerprint density at radius 3 is 2.20 bits per heavy atom. The van der Waals surface area contributed by atoms with Crippen molar-refractivity contribution in [1.29, 1.82) is 0 Å². The molecule has 6 rings (SSSR count). The number of phenols is 2. The van der Waals surface area contributed by atoms with Crippen LogP contribution in [-0.2, 0) is 25.7 Å². The third kappa shape index (κ3) is 9.45. The maximum Gasteiger partial charge on any atom is 0.255 e. The van der Waals surface area contributed by atoms with Gasteiger partial charge in [-0.3, -0.25) is 24.5 Å². The van der Waals surface area contributed by atoms with Gasteiger partial charge in [0.2, 0.25) is 17.7 Å². The van der Waals surface area contributed by atoms with Crippen LogP contribution in [0.5, 0.6) is 17.2 Å². The van der Waals surface area contributed by atoms with Crippen LogP contribution in [0.15, 0.2) is 91.0 Å². The summed E-state index contributed by atoms with van der Waals surface area (Å²) in [5.41, 5.74) is 6.69. The first-order valence-electron chi connectivity index (χ1n) is 18.1. The summed E-state index contributed by atoms with van der Waals surface area (Å²) in [4.78, 5) is 51.3. The number of carbonyl (C=O) groups is 4. The molecule has 55 heavy (non-hydrogen) atoms. The van der Waals surface area contributed by atoms with Crippen molar-refractivity contribution >= 4 is 52.1 Å². The number of nitrogens with zero attached hydrogens (tertiary/aromatic N) is 1. The Morgan fingerprint density at radius 1 is 0.891 bits per heavy atom. The number of halogens is 1. The number of alkyl halides is 1. The highest BCUT2D eigenvalue weighted by Crippen LogP contribution is 2.37. The van der Waals surface area contributed by atoms with E-state index < -0.39 is 18.1 Å². The molecule has 0 aromatic heterocycles. The number of hydrogen-bond donors (Lipinski definition) is 5. The van der Waals surface area contributed by atoms with Crippen molar-refractivity contribution in [3.8, 4) is 17.2 Å². The van der Waals surface area contributed by atoms with Crippen molar-refractivity contribution in [3.63, 3.8) is 0 Å². The molecule has 1 saturated heterocycles. The molecule has 0 spiro atoms. The van der Waals surface area contributed by atoms with Gasteiger partial charge in [-0.1, -0.05) is 42.5 Å². The largest absolute Gasteiger partial charge is 0.508 e. The van der Waals surface area contributed by atoms with E-state index in [0.29, 0.717) is 36.6 Å². The van der Waals surface area contributed by atoms with E-state index in [1.54, 1.807) is 43.3 Å². The second-order valence-electron chi connectivity index (χ2n) is 13.2. The lowest BCUT2D eigenvalue weighted by Crippen LogP contribution is -2.52. The number of piperidine rings is 1. The molecule has 12 nitrogen and oxygen atoms in total. The fraction of sp³-hybridized carbons (Fsp3) is 0.286. The number of nitrogens with one attached hydrogen (secondary N) is 3. The maximum absolute atomic E-state index is 13.1. The van der Waals surface area contributed by atoms with Crippen molar-refractivity contribution in [2.45, 2.75) is 44.9 Å². The lowest BCUT2D eigenvalue weighted by molar-refractivity contribution is -0.137. The van der Waals surface area contributed by atoms with Crippen molar-refractivity contribution in [3.05, 3.63) is 119 Å². The van der Waals surface area contributed by atoms with E-state index >= 15 is 0 Å². The summed E-state index contributed by atoms with van der Waals surface area (Å²) in [5, 5.41) is 28.2. The highest BCUT2D eigenvalue weighted by atomic mass is 35.5. The van der Waals surface area contributed by atoms with Crippen molar-refractivity contribution in [1.82, 2.24) is 15.5 Å². The van der Waals surface area contributed by atoms with E-state index in [1.165, 1.54) is 4.90 Å². The molecule has 0 bridgehead atoms. The molecule has 1 fully saturated rings. The van der Waals surface area contributed by atoms with E-state index in [9.17, 15) is 29.4 Å². The molecule has 2 aliphatic heterocycles. The minimum Gasteiger partial charge on any atom is -0.508 e. The third-order valence-electron chi connectivity index (χ3n) is 9.57. The number of fused-ring (bicyclic) bond motifs is 1. The summed E-state index contributed by atoms with van der Waals surface area (Å²) in [5.74, 6) is 0.0264. The van der Waals surface area contributed by atoms with Gasteiger partial charge in [0.15, 0.2) is 0 Å². The number of phenolic OH excluding ortho intramolecular Hbond substituents is 2. The molecular weight excluding hydrogens is 724 g/mol. The molecule has 4 amide bonds. The van der Waals surface area contributed by atoms with Crippen molar-refractivity contribution in [2.75, 3.05) is 37.5 Å². The van der Waals surface area contributed by atoms with Gasteiger partial charge in [-0.25, -0.2) is 0 Å². The zero-order chi connectivity index (χ0) is 38.9. The number of amides is 4. The lowest BCUT2D eigenvalue weighted by Gasteiger charge is -2.29. The predicted octanol–water partition coefficient (Wildman–Crippen LogP) is 5.46. The lowest BCUT2D eigenvalue weighted by atomic mass is 9.88. The molecule has 0 aliphatic carbocycles. The molecule has 5 N–H and O–H groups in total. The van der Waals surface area contributed by atoms with Gasteiger partial charge in [-0.2, -0.15) is 0 Å². The molecule has 4 aromatic rings. The average molecular weight is 767 g/mol. The highest BCUT2D eigenvalue weighted by Gasteiger charge is 2.39. The molecule has 2 atom stereocenters. The van der Waals surface area contributed by atoms with E-state index in [-0.39, 0.29) is 61.9 Å². The Kier molecular flexibility index (Phi) is 12.7. The first kappa shape index (κ1) is 38.9. The fourth-order valence-corrected chi connectivity index (χ4v) is 6.96. The van der Waals surface area contributed by atoms with Crippen LogP contribution >= 0.6 is 11.6 Å². The summed E-state index contributed by atoms with van der Waals surface area (Å²) in [7, 11) is 0. The SMILES string of the molecule is CC(OCCNc1cccc2c1CN(C1CCC(=O)NC1=O)C2=O)C(=O)NCCOc1ccc(C(=C(CCCl)c2ccc(O)cc2)c2ccc(O)cc2)cc1. The van der Waals surface area contributed by atoms with Gasteiger partial charge in [0.25, 0.3) is 5.91 Å². The molecule has 0 radical (unpaired) electrons. The van der Waals surface area contributed by atoms with Gasteiger partial charge >= 0.3 is 0 Å². The van der Waals surface area contributed by atoms with Gasteiger partial charge in [-0.15, -0.1) is 11.6 Å². The zero-order valence-electron chi connectivity index (χ0n) is 30.3. The summed E-state index contributed by atoms with van der Waals surface area (Å²) < 4.78 is 11.7. The van der Waals surface area contributed by atoms with Crippen LogP contribution in [0.3, 0.4) is 0 Å². The quantitative estimate of drug-likeness (QED) is 0.0431. The number of ether oxygens (including phenoxy) is 2. The van der Waals surface area contributed by atoms with Crippen LogP contribution in [0.2, 0.25) is 0 Å². The van der Waals surface area contributed by atoms with Crippen LogP contribution in [0, 0.1) is 0 Å². The Morgan fingerprint density at radius 2 is 1.55 bits per heavy atom. The predicted molar refractivity (Wildman–Crippen MR) is 209 cm³/mol. The average Bonchev–Trinajstić information content (AvgIpc) is 3.52. The van der Waals surface area contributed by atoms with Gasteiger partial charge in [-0.05, 0) is 96.1 Å². The molecule has 4 aromatic carbocycles. The summed E-state index contributed by atoms with van der Waals surface area (Å²) in [6.45, 7) is 3.03. The first-order chi connectivity index (χ1) is 26.6. The Hall–Kier alpha value is -5.85. The number of aromatic hydroxyl groups is 2. The topological polar surface area (TPSA) is 167 Å². The Labute approximate surface area is 324 Å². The summed E-state index contributed by atoms with van der Waals surface area (Å²) in [6.07, 6.45) is 0.341. The van der Waals surface area contributed by atoms with Crippen LogP contribution in [-0.4, -0.2) is 83.1 Å². The van der Waals surface area contributed by atoms with Crippen LogP contribution < -0.4 is 20.7 Å². The molecule has 13 heteroatoms. The molecule has 2 aliphatic rings. The summed E-state index contributed by atoms with van der Waals surface area (Å²) in [6, 6.07) is 26.2. The van der Waals surface area contributed by atoms with E-state index in [4.69, 9.17) is 21.1 Å². The molecule has 2 unspecified atom stereocenters. The fourth-order valence-electron chi connectivity index (χ4n) is 6.77. The summed E-state index contributed by atoms with van der Waals surface area (Å²) >= 11 is 6.26. The van der Waals surface area contributed by atoms with Gasteiger partial charge in [0, 0.05) is 42.2 Å². The first-order valence-corrected chi connectivity index (χ1v) is 18.7. The number of allylic oxidation sites excluding steroid dienone is 1. The zero-order valence-corrected chi connectivity index (χ0v) is 31.1. The molecule has 2 heterocycles. The van der Waals surface area contributed by atoms with E-state index in [2.05, 4.69) is 16.0 Å². The number of imide groups is 1. The van der Waals surface area contributed by atoms with Gasteiger partial charge in [0.05, 0.1) is 13.2 Å². The van der Waals surface area contributed by atoms with Gasteiger partial charge in [0.1, 0.15) is 36.0 Å². The van der Waals surface area contributed by atoms with Crippen molar-refractivity contribution in [2.24, 2.45) is 0 Å². The van der Waals surface area contributed by atoms with E-state index in [0.717, 1.165) is 39.1 Å². The van der Waals surface area contributed by atoms with Crippen LogP contribution in [0.25, 0.3) is 11.1 Å². The second-order valence-corrected chi connectivity index (χ2v) is 13.6. The van der Waals surface area contributed by atoms with Gasteiger partial charge < -0.3 is 35.2 Å². The number of benzene rings is 4. The number of anilines is 1. The Bertz CT molecular complexity index is 2050. The monoisotopic (exact) mass is 766 g/mol. The van der Waals surface area contributed by atoms with Crippen LogP contribution in [0.1, 0.15) is 58.8 Å². The van der Waals surface area contributed by atoms with Crippen molar-refractivity contribution < 1.29 is 38.9 Å². The van der Waals surface area contributed by atoms with Crippen LogP contribution in [0.4, 0.5) is 5.69 Å². The molecular formula is C42H43ClN4O8. The second kappa shape index (κ2) is 18.0. The minimum absolute atomic E-state index is 0.161. The number of hydrogen-bond acceptors (Lipinski definition) is 9. The molecule has 286 valence electrons. The minimum atomic E-state index is -0.715. The molecule has 0 saturated carbocycles. The number of rotatable bonds is 16.